The molecule has 1 heterocycles. The summed E-state index contributed by atoms with van der Waals surface area (Å²) in [5.74, 6) is -6.73. The van der Waals surface area contributed by atoms with E-state index in [0.29, 0.717) is 15.6 Å². The predicted molar refractivity (Wildman–Crippen MR) is 154 cm³/mol. The van der Waals surface area contributed by atoms with Gasteiger partial charge in [-0.1, -0.05) is 11.6 Å². The van der Waals surface area contributed by atoms with Gasteiger partial charge in [0.25, 0.3) is 0 Å². The van der Waals surface area contributed by atoms with Crippen LogP contribution in [0.3, 0.4) is 0 Å². The number of ketones is 2. The summed E-state index contributed by atoms with van der Waals surface area (Å²) < 4.78 is 5.75. The van der Waals surface area contributed by atoms with E-state index < -0.39 is 47.2 Å². The number of Topliss-reactive ketones (excluding diaryl/α,β-unsaturated/α-hetero) is 1. The van der Waals surface area contributed by atoms with Crippen molar-refractivity contribution in [3.63, 3.8) is 0 Å². The number of carboxylic acids is 1. The molecule has 1 aliphatic heterocycles. The van der Waals surface area contributed by atoms with Crippen molar-refractivity contribution < 1.29 is 44.0 Å². The van der Waals surface area contributed by atoms with Gasteiger partial charge in [0.1, 0.15) is 11.3 Å². The fourth-order valence-electron chi connectivity index (χ4n) is 6.60. The Kier molecular flexibility index (Phi) is 6.73. The van der Waals surface area contributed by atoms with Gasteiger partial charge in [-0.2, -0.15) is 0 Å². The van der Waals surface area contributed by atoms with Crippen LogP contribution >= 0.6 is 31.9 Å². The molecule has 1 saturated heterocycles. The zero-order chi connectivity index (χ0) is 30.2. The van der Waals surface area contributed by atoms with Crippen LogP contribution < -0.4 is 9.64 Å². The lowest BCUT2D eigenvalue weighted by Gasteiger charge is -2.42. The highest BCUT2D eigenvalue weighted by atomic mass is 79.9. The number of methoxy groups -OCH3 is 1. The summed E-state index contributed by atoms with van der Waals surface area (Å²) in [6.07, 6.45) is 3.32. The highest BCUT2D eigenvalue weighted by Crippen LogP contribution is 2.56. The van der Waals surface area contributed by atoms with Crippen LogP contribution in [0.4, 0.5) is 5.69 Å². The number of anilines is 1. The zero-order valence-electron chi connectivity index (χ0n) is 21.8. The molecule has 2 aromatic carbocycles. The van der Waals surface area contributed by atoms with E-state index in [9.17, 15) is 39.3 Å². The molecule has 1 fully saturated rings. The molecule has 4 atom stereocenters. The Bertz CT molecular complexity index is 1750. The molecule has 0 unspecified atom stereocenters. The van der Waals surface area contributed by atoms with Crippen molar-refractivity contribution in [1.29, 1.82) is 0 Å². The molecule has 0 saturated carbocycles. The minimum Gasteiger partial charge on any atom is -0.507 e. The zero-order valence-corrected chi connectivity index (χ0v) is 24.9. The van der Waals surface area contributed by atoms with Crippen molar-refractivity contribution >= 4 is 66.9 Å². The second kappa shape index (κ2) is 10.1. The number of benzene rings is 2. The molecule has 0 aromatic heterocycles. The normalized spacial score (nSPS) is 25.1. The fraction of sp³-hybridized carbons (Fsp3) is 0.233. The number of hydrogen-bond acceptors (Lipinski definition) is 8. The number of carbonyl (C=O) groups excluding carboxylic acids is 4. The second-order valence-electron chi connectivity index (χ2n) is 10.5. The minimum atomic E-state index is -1.36. The number of phenolic OH excluding ortho intramolecular Hbond substituents is 1. The predicted octanol–water partition coefficient (Wildman–Crippen LogP) is 4.53. The average Bonchev–Trinajstić information content (AvgIpc) is 3.21. The monoisotopic (exact) mass is 697 g/mol. The number of phenols is 2. The van der Waals surface area contributed by atoms with E-state index >= 15 is 0 Å². The van der Waals surface area contributed by atoms with Crippen LogP contribution in [0.15, 0.2) is 68.2 Å². The largest absolute Gasteiger partial charge is 0.507 e. The number of carboxylic acid groups (broad SMARTS) is 1. The fourth-order valence-corrected chi connectivity index (χ4v) is 7.50. The number of aromatic carboxylic acids is 1. The van der Waals surface area contributed by atoms with Gasteiger partial charge in [0.05, 0.1) is 33.6 Å². The first kappa shape index (κ1) is 28.1. The molecular formula is C30H21Br2NO9. The number of carbonyl (C=O) groups is 5. The maximum Gasteiger partial charge on any atom is 0.339 e. The number of amides is 2. The van der Waals surface area contributed by atoms with Gasteiger partial charge in [0.2, 0.25) is 11.8 Å². The van der Waals surface area contributed by atoms with Gasteiger partial charge in [-0.3, -0.25) is 19.2 Å². The first-order valence-corrected chi connectivity index (χ1v) is 14.4. The van der Waals surface area contributed by atoms with E-state index in [2.05, 4.69) is 31.9 Å². The molecule has 214 valence electrons. The van der Waals surface area contributed by atoms with Crippen molar-refractivity contribution in [2.24, 2.45) is 17.8 Å². The first-order chi connectivity index (χ1) is 19.9. The Hall–Kier alpha value is -4.03. The standard InChI is InChI=1S/C30H21Br2NO9/c1-42-22-7-11(6-18(31)27(22)37)23-13-4-5-15-24(16(13)9-17-25(23)21(35)10-19(32)26(17)36)29(39)33(28(15)38)12-2-3-14(30(40)41)20(34)8-12/h2-4,6-8,10,15-16,23-24,34,37H,5,9H2,1H3,(H,40,41)/t15-,16+,23-,24-/m0/s1. The van der Waals surface area contributed by atoms with Crippen LogP contribution in [-0.2, 0) is 19.2 Å². The molecule has 10 nitrogen and oxygen atoms in total. The van der Waals surface area contributed by atoms with Crippen LogP contribution in [0.25, 0.3) is 0 Å². The van der Waals surface area contributed by atoms with E-state index in [4.69, 9.17) is 4.74 Å². The van der Waals surface area contributed by atoms with E-state index in [0.717, 1.165) is 17.0 Å². The van der Waals surface area contributed by atoms with Gasteiger partial charge in [-0.05, 0) is 80.4 Å². The van der Waals surface area contributed by atoms with Gasteiger partial charge in [0.15, 0.2) is 23.1 Å². The lowest BCUT2D eigenvalue weighted by molar-refractivity contribution is -0.123. The first-order valence-electron chi connectivity index (χ1n) is 12.8. The molecule has 2 aromatic rings. The average molecular weight is 699 g/mol. The number of ether oxygens (including phenoxy) is 1. The molecule has 3 aliphatic carbocycles. The smallest absolute Gasteiger partial charge is 0.339 e. The topological polar surface area (TPSA) is 159 Å². The third-order valence-corrected chi connectivity index (χ3v) is 9.60. The van der Waals surface area contributed by atoms with E-state index in [-0.39, 0.29) is 62.8 Å². The third kappa shape index (κ3) is 4.07. The van der Waals surface area contributed by atoms with Gasteiger partial charge in [-0.25, -0.2) is 9.69 Å². The maximum atomic E-state index is 14.0. The van der Waals surface area contributed by atoms with Crippen molar-refractivity contribution in [2.45, 2.75) is 18.8 Å². The Balaban J connectivity index is 1.48. The lowest BCUT2D eigenvalue weighted by atomic mass is 9.59. The van der Waals surface area contributed by atoms with Gasteiger partial charge >= 0.3 is 5.97 Å². The van der Waals surface area contributed by atoms with Crippen LogP contribution in [0.1, 0.15) is 34.7 Å². The number of halogens is 2. The molecule has 12 heteroatoms. The van der Waals surface area contributed by atoms with E-state index in [1.54, 1.807) is 12.1 Å². The van der Waals surface area contributed by atoms with Crippen molar-refractivity contribution in [1.82, 2.24) is 0 Å². The summed E-state index contributed by atoms with van der Waals surface area (Å²) in [6, 6.07) is 6.70. The molecule has 6 rings (SSSR count). The summed E-state index contributed by atoms with van der Waals surface area (Å²) in [5.41, 5.74) is 1.43. The highest BCUT2D eigenvalue weighted by molar-refractivity contribution is 9.12. The van der Waals surface area contributed by atoms with Crippen LogP contribution in [0.5, 0.6) is 17.2 Å². The Morgan fingerprint density at radius 1 is 1.02 bits per heavy atom. The number of imide groups is 1. The third-order valence-electron chi connectivity index (χ3n) is 8.41. The molecule has 2 amide bonds. The molecule has 0 spiro atoms. The summed E-state index contributed by atoms with van der Waals surface area (Å²) in [6.45, 7) is 0. The number of hydrogen-bond donors (Lipinski definition) is 3. The number of aromatic hydroxyl groups is 2. The van der Waals surface area contributed by atoms with Crippen molar-refractivity contribution in [3.8, 4) is 17.2 Å². The molecule has 42 heavy (non-hydrogen) atoms. The summed E-state index contributed by atoms with van der Waals surface area (Å²) in [4.78, 5) is 66.7. The molecule has 0 bridgehead atoms. The lowest BCUT2D eigenvalue weighted by Crippen LogP contribution is -2.39. The van der Waals surface area contributed by atoms with Crippen LogP contribution in [0, 0.1) is 17.8 Å². The molecule has 3 N–H and O–H groups in total. The van der Waals surface area contributed by atoms with Crippen molar-refractivity contribution in [3.05, 3.63) is 79.3 Å². The van der Waals surface area contributed by atoms with E-state index in [1.807, 2.05) is 6.08 Å². The molecule has 4 aliphatic rings. The minimum absolute atomic E-state index is 0.0394. The Morgan fingerprint density at radius 2 is 1.76 bits per heavy atom. The van der Waals surface area contributed by atoms with Gasteiger partial charge < -0.3 is 20.1 Å². The second-order valence-corrected chi connectivity index (χ2v) is 12.2. The number of allylic oxidation sites excluding steroid dienone is 6. The highest BCUT2D eigenvalue weighted by Gasteiger charge is 2.56. The van der Waals surface area contributed by atoms with Gasteiger partial charge in [0, 0.05) is 29.2 Å². The summed E-state index contributed by atoms with van der Waals surface area (Å²) >= 11 is 6.53. The van der Waals surface area contributed by atoms with Gasteiger partial charge in [-0.15, -0.1) is 0 Å². The quantitative estimate of drug-likeness (QED) is 0.237. The number of rotatable bonds is 4. The number of fused-ring (bicyclic) bond motifs is 3. The van der Waals surface area contributed by atoms with E-state index in [1.165, 1.54) is 19.3 Å². The Morgan fingerprint density at radius 3 is 2.43 bits per heavy atom. The molecule has 0 radical (unpaired) electrons. The summed E-state index contributed by atoms with van der Waals surface area (Å²) in [5, 5.41) is 29.9. The van der Waals surface area contributed by atoms with Crippen LogP contribution in [0.2, 0.25) is 0 Å². The van der Waals surface area contributed by atoms with Crippen LogP contribution in [-0.4, -0.2) is 51.8 Å². The maximum absolute atomic E-state index is 14.0. The summed E-state index contributed by atoms with van der Waals surface area (Å²) in [7, 11) is 1.39. The SMILES string of the molecule is COc1cc([C@H]2C3=CC[C@@H]4C(=O)N(c5ccc(C(=O)O)c(O)c5)C(=O)[C@@H]4[C@@H]3CC3=C2C(=O)C=C(Br)C3=O)cc(Br)c1O. The molecular weight excluding hydrogens is 678 g/mol. The number of nitrogens with zero attached hydrogens (tertiary/aromatic N) is 1. The van der Waals surface area contributed by atoms with Crippen molar-refractivity contribution in [2.75, 3.05) is 12.0 Å². The Labute approximate surface area is 255 Å².